The molecular formula is C9H22N2. The van der Waals surface area contributed by atoms with E-state index in [-0.39, 0.29) is 0 Å². The summed E-state index contributed by atoms with van der Waals surface area (Å²) in [5, 5.41) is 3.36. The number of nitrogens with one attached hydrogen (secondary N) is 1. The molecule has 0 spiro atoms. The van der Waals surface area contributed by atoms with Crippen LogP contribution in [-0.4, -0.2) is 37.1 Å². The Morgan fingerprint density at radius 2 is 1.73 bits per heavy atom. The monoisotopic (exact) mass is 158 g/mol. The van der Waals surface area contributed by atoms with E-state index in [0.29, 0.717) is 6.04 Å². The molecule has 0 unspecified atom stereocenters. The molecule has 68 valence electrons. The molecule has 0 aliphatic heterocycles. The summed E-state index contributed by atoms with van der Waals surface area (Å²) in [6.45, 7) is 13.3. The fourth-order valence-corrected chi connectivity index (χ4v) is 1.33. The van der Waals surface area contributed by atoms with Crippen LogP contribution in [-0.2, 0) is 0 Å². The number of nitrogens with zero attached hydrogens (tertiary/aromatic N) is 1. The minimum atomic E-state index is 0.671. The summed E-state index contributed by atoms with van der Waals surface area (Å²) in [6.07, 6.45) is 0. The molecule has 0 rings (SSSR count). The van der Waals surface area contributed by atoms with E-state index in [0.717, 1.165) is 26.2 Å². The predicted molar refractivity (Wildman–Crippen MR) is 50.9 cm³/mol. The fraction of sp³-hybridized carbons (Fsp3) is 1.00. The van der Waals surface area contributed by atoms with Gasteiger partial charge in [0.2, 0.25) is 0 Å². The van der Waals surface area contributed by atoms with Crippen molar-refractivity contribution in [3.8, 4) is 0 Å². The normalized spacial score (nSPS) is 13.9. The summed E-state index contributed by atoms with van der Waals surface area (Å²) in [5.41, 5.74) is 0. The molecule has 0 saturated carbocycles. The van der Waals surface area contributed by atoms with Gasteiger partial charge in [0.05, 0.1) is 0 Å². The Balaban J connectivity index is 3.51. The van der Waals surface area contributed by atoms with E-state index in [9.17, 15) is 0 Å². The van der Waals surface area contributed by atoms with Crippen molar-refractivity contribution in [2.24, 2.45) is 0 Å². The standard InChI is InChI=1S/C9H22N2/c1-5-10-8-9(4)11(6-2)7-3/h9-10H,5-8H2,1-4H3/t9-/m1/s1. The molecule has 1 N–H and O–H groups in total. The van der Waals surface area contributed by atoms with E-state index < -0.39 is 0 Å². The lowest BCUT2D eigenvalue weighted by molar-refractivity contribution is 0.227. The van der Waals surface area contributed by atoms with Gasteiger partial charge in [-0.25, -0.2) is 0 Å². The summed E-state index contributed by atoms with van der Waals surface area (Å²) in [6, 6.07) is 0.671. The minimum absolute atomic E-state index is 0.671. The van der Waals surface area contributed by atoms with Crippen molar-refractivity contribution in [3.05, 3.63) is 0 Å². The molecule has 0 saturated heterocycles. The second-order valence-corrected chi connectivity index (χ2v) is 2.88. The van der Waals surface area contributed by atoms with Crippen molar-refractivity contribution in [1.82, 2.24) is 10.2 Å². The Hall–Kier alpha value is -0.0800. The molecule has 1 atom stereocenters. The molecule has 0 amide bonds. The highest BCUT2D eigenvalue weighted by atomic mass is 15.2. The molecule has 0 radical (unpaired) electrons. The number of hydrogen-bond acceptors (Lipinski definition) is 2. The van der Waals surface area contributed by atoms with E-state index in [1.165, 1.54) is 0 Å². The highest BCUT2D eigenvalue weighted by Gasteiger charge is 2.07. The average Bonchev–Trinajstić information content (AvgIpc) is 2.03. The van der Waals surface area contributed by atoms with Crippen LogP contribution in [0.2, 0.25) is 0 Å². The fourth-order valence-electron chi connectivity index (χ4n) is 1.33. The van der Waals surface area contributed by atoms with E-state index in [2.05, 4.69) is 37.9 Å². The Morgan fingerprint density at radius 3 is 2.09 bits per heavy atom. The second-order valence-electron chi connectivity index (χ2n) is 2.88. The predicted octanol–water partition coefficient (Wildman–Crippen LogP) is 1.33. The Morgan fingerprint density at radius 1 is 1.18 bits per heavy atom. The maximum Gasteiger partial charge on any atom is 0.0192 e. The first-order valence-corrected chi connectivity index (χ1v) is 4.70. The van der Waals surface area contributed by atoms with E-state index >= 15 is 0 Å². The van der Waals surface area contributed by atoms with E-state index in [1.54, 1.807) is 0 Å². The molecule has 0 aromatic rings. The van der Waals surface area contributed by atoms with E-state index in [1.807, 2.05) is 0 Å². The van der Waals surface area contributed by atoms with Gasteiger partial charge in [-0.2, -0.15) is 0 Å². The largest absolute Gasteiger partial charge is 0.315 e. The first-order valence-electron chi connectivity index (χ1n) is 4.70. The Bertz CT molecular complexity index is 79.6. The van der Waals surface area contributed by atoms with Gasteiger partial charge in [0.1, 0.15) is 0 Å². The molecule has 0 aliphatic rings. The van der Waals surface area contributed by atoms with Crippen LogP contribution in [0.3, 0.4) is 0 Å². The van der Waals surface area contributed by atoms with Crippen LogP contribution in [0.5, 0.6) is 0 Å². The molecule has 0 heterocycles. The van der Waals surface area contributed by atoms with Gasteiger partial charge in [-0.1, -0.05) is 20.8 Å². The lowest BCUT2D eigenvalue weighted by Gasteiger charge is -2.26. The smallest absolute Gasteiger partial charge is 0.0192 e. The first kappa shape index (κ1) is 10.9. The van der Waals surface area contributed by atoms with Gasteiger partial charge in [0, 0.05) is 12.6 Å². The van der Waals surface area contributed by atoms with Crippen molar-refractivity contribution >= 4 is 0 Å². The number of likely N-dealkylation sites (N-methyl/N-ethyl adjacent to an activating group) is 2. The third kappa shape index (κ3) is 4.38. The maximum absolute atomic E-state index is 3.36. The molecule has 2 nitrogen and oxygen atoms in total. The second kappa shape index (κ2) is 6.62. The summed E-state index contributed by atoms with van der Waals surface area (Å²) in [4.78, 5) is 2.46. The van der Waals surface area contributed by atoms with Crippen LogP contribution < -0.4 is 5.32 Å². The zero-order valence-electron chi connectivity index (χ0n) is 8.35. The van der Waals surface area contributed by atoms with Gasteiger partial charge in [0.25, 0.3) is 0 Å². The van der Waals surface area contributed by atoms with Gasteiger partial charge in [-0.05, 0) is 26.6 Å². The Labute approximate surface area is 71.0 Å². The average molecular weight is 158 g/mol. The molecular weight excluding hydrogens is 136 g/mol. The molecule has 11 heavy (non-hydrogen) atoms. The summed E-state index contributed by atoms with van der Waals surface area (Å²) < 4.78 is 0. The van der Waals surface area contributed by atoms with Crippen molar-refractivity contribution < 1.29 is 0 Å². The molecule has 0 aliphatic carbocycles. The molecule has 0 bridgehead atoms. The summed E-state index contributed by atoms with van der Waals surface area (Å²) in [7, 11) is 0. The molecule has 0 aromatic heterocycles. The first-order chi connectivity index (χ1) is 5.26. The van der Waals surface area contributed by atoms with Crippen LogP contribution >= 0.6 is 0 Å². The van der Waals surface area contributed by atoms with Gasteiger partial charge >= 0.3 is 0 Å². The zero-order chi connectivity index (χ0) is 8.69. The third-order valence-corrected chi connectivity index (χ3v) is 2.13. The van der Waals surface area contributed by atoms with Gasteiger partial charge in [-0.3, -0.25) is 4.90 Å². The minimum Gasteiger partial charge on any atom is -0.315 e. The lowest BCUT2D eigenvalue weighted by Crippen LogP contribution is -2.40. The van der Waals surface area contributed by atoms with Crippen LogP contribution in [0.15, 0.2) is 0 Å². The maximum atomic E-state index is 3.36. The molecule has 2 heteroatoms. The highest BCUT2D eigenvalue weighted by Crippen LogP contribution is 1.95. The van der Waals surface area contributed by atoms with Crippen molar-refractivity contribution in [2.75, 3.05) is 26.2 Å². The van der Waals surface area contributed by atoms with Crippen LogP contribution in [0.4, 0.5) is 0 Å². The lowest BCUT2D eigenvalue weighted by atomic mass is 10.3. The van der Waals surface area contributed by atoms with Gasteiger partial charge in [0.15, 0.2) is 0 Å². The van der Waals surface area contributed by atoms with Gasteiger partial charge < -0.3 is 5.32 Å². The number of hydrogen-bond donors (Lipinski definition) is 1. The molecule has 0 aromatic carbocycles. The van der Waals surface area contributed by atoms with Gasteiger partial charge in [-0.15, -0.1) is 0 Å². The van der Waals surface area contributed by atoms with Crippen LogP contribution in [0.1, 0.15) is 27.7 Å². The quantitative estimate of drug-likeness (QED) is 0.627. The zero-order valence-corrected chi connectivity index (χ0v) is 8.35. The van der Waals surface area contributed by atoms with Crippen LogP contribution in [0, 0.1) is 0 Å². The highest BCUT2D eigenvalue weighted by molar-refractivity contribution is 4.66. The Kier molecular flexibility index (Phi) is 6.57. The topological polar surface area (TPSA) is 15.3 Å². The number of rotatable bonds is 6. The van der Waals surface area contributed by atoms with Crippen molar-refractivity contribution in [1.29, 1.82) is 0 Å². The third-order valence-electron chi connectivity index (χ3n) is 2.13. The van der Waals surface area contributed by atoms with Crippen molar-refractivity contribution in [3.63, 3.8) is 0 Å². The van der Waals surface area contributed by atoms with Crippen molar-refractivity contribution in [2.45, 2.75) is 33.7 Å². The summed E-state index contributed by atoms with van der Waals surface area (Å²) >= 11 is 0. The SMILES string of the molecule is CCNC[C@@H](C)N(CC)CC. The van der Waals surface area contributed by atoms with E-state index in [4.69, 9.17) is 0 Å². The summed E-state index contributed by atoms with van der Waals surface area (Å²) in [5.74, 6) is 0. The molecule has 0 fully saturated rings. The van der Waals surface area contributed by atoms with Crippen LogP contribution in [0.25, 0.3) is 0 Å².